The standard InChI is InChI=1S/C12H18ClN2P/c1-7(2)9-4-10(6-15-8(3)16)12(14)11(13)5-9/h4-8H,14,16H2,1-3H3/b15-6-/t8-/m1/s1. The highest BCUT2D eigenvalue weighted by Gasteiger charge is 2.07. The zero-order chi connectivity index (χ0) is 12.3. The second-order valence-corrected chi connectivity index (χ2v) is 5.55. The van der Waals surface area contributed by atoms with Gasteiger partial charge in [-0.2, -0.15) is 0 Å². The van der Waals surface area contributed by atoms with Crippen LogP contribution in [-0.4, -0.2) is 12.0 Å². The molecule has 0 heterocycles. The zero-order valence-corrected chi connectivity index (χ0v) is 11.8. The van der Waals surface area contributed by atoms with E-state index < -0.39 is 0 Å². The van der Waals surface area contributed by atoms with Crippen molar-refractivity contribution in [3.8, 4) is 0 Å². The fourth-order valence-electron chi connectivity index (χ4n) is 1.30. The van der Waals surface area contributed by atoms with Gasteiger partial charge in [-0.15, -0.1) is 9.24 Å². The molecule has 0 fully saturated rings. The largest absolute Gasteiger partial charge is 0.397 e. The molecule has 0 spiro atoms. The lowest BCUT2D eigenvalue weighted by molar-refractivity contribution is 0.866. The molecule has 0 saturated heterocycles. The molecule has 0 aliphatic carbocycles. The summed E-state index contributed by atoms with van der Waals surface area (Å²) >= 11 is 6.09. The van der Waals surface area contributed by atoms with Crippen LogP contribution in [0.1, 0.15) is 37.8 Å². The van der Waals surface area contributed by atoms with Crippen LogP contribution in [0.25, 0.3) is 0 Å². The Kier molecular flexibility index (Phi) is 4.76. The van der Waals surface area contributed by atoms with Crippen molar-refractivity contribution in [1.82, 2.24) is 0 Å². The lowest BCUT2D eigenvalue weighted by Gasteiger charge is -2.10. The summed E-state index contributed by atoms with van der Waals surface area (Å²) in [7, 11) is 2.62. The Bertz CT molecular complexity index is 400. The number of hydrogen-bond donors (Lipinski definition) is 1. The van der Waals surface area contributed by atoms with E-state index in [1.54, 1.807) is 6.21 Å². The van der Waals surface area contributed by atoms with Crippen LogP contribution in [0.3, 0.4) is 0 Å². The minimum atomic E-state index is 0.181. The van der Waals surface area contributed by atoms with Crippen LogP contribution in [0.2, 0.25) is 5.02 Å². The maximum atomic E-state index is 6.09. The van der Waals surface area contributed by atoms with Gasteiger partial charge in [0.15, 0.2) is 0 Å². The van der Waals surface area contributed by atoms with Crippen LogP contribution >= 0.6 is 20.8 Å². The van der Waals surface area contributed by atoms with E-state index in [2.05, 4.69) is 28.1 Å². The molecule has 2 N–H and O–H groups in total. The first-order valence-electron chi connectivity index (χ1n) is 5.29. The van der Waals surface area contributed by atoms with E-state index >= 15 is 0 Å². The molecule has 0 saturated carbocycles. The van der Waals surface area contributed by atoms with Crippen LogP contribution in [0.15, 0.2) is 17.1 Å². The molecule has 2 atom stereocenters. The first-order valence-corrected chi connectivity index (χ1v) is 6.34. The zero-order valence-electron chi connectivity index (χ0n) is 9.87. The van der Waals surface area contributed by atoms with E-state index in [9.17, 15) is 0 Å². The van der Waals surface area contributed by atoms with Gasteiger partial charge in [-0.25, -0.2) is 0 Å². The monoisotopic (exact) mass is 256 g/mol. The third-order valence-corrected chi connectivity index (χ3v) is 2.78. The van der Waals surface area contributed by atoms with Crippen molar-refractivity contribution in [1.29, 1.82) is 0 Å². The minimum absolute atomic E-state index is 0.181. The van der Waals surface area contributed by atoms with Gasteiger partial charge >= 0.3 is 0 Å². The lowest BCUT2D eigenvalue weighted by atomic mass is 10.00. The van der Waals surface area contributed by atoms with Gasteiger partial charge in [-0.1, -0.05) is 25.4 Å². The smallest absolute Gasteiger partial charge is 0.0645 e. The van der Waals surface area contributed by atoms with Crippen molar-refractivity contribution in [2.45, 2.75) is 32.5 Å². The van der Waals surface area contributed by atoms with Crippen molar-refractivity contribution in [3.63, 3.8) is 0 Å². The maximum Gasteiger partial charge on any atom is 0.0645 e. The Labute approximate surface area is 104 Å². The number of aliphatic imine (C=N–C) groups is 1. The van der Waals surface area contributed by atoms with Gasteiger partial charge in [-0.05, 0) is 30.5 Å². The van der Waals surface area contributed by atoms with Crippen LogP contribution in [0.4, 0.5) is 5.69 Å². The van der Waals surface area contributed by atoms with Gasteiger partial charge in [0.05, 0.1) is 16.5 Å². The van der Waals surface area contributed by atoms with Crippen LogP contribution in [0.5, 0.6) is 0 Å². The van der Waals surface area contributed by atoms with Crippen LogP contribution in [0, 0.1) is 0 Å². The summed E-state index contributed by atoms with van der Waals surface area (Å²) < 4.78 is 0. The molecule has 1 rings (SSSR count). The average Bonchev–Trinajstić information content (AvgIpc) is 2.19. The predicted molar refractivity (Wildman–Crippen MR) is 76.7 cm³/mol. The van der Waals surface area contributed by atoms with E-state index in [0.29, 0.717) is 16.6 Å². The quantitative estimate of drug-likeness (QED) is 0.500. The first-order chi connectivity index (χ1) is 7.41. The van der Waals surface area contributed by atoms with Crippen molar-refractivity contribution < 1.29 is 0 Å². The fraction of sp³-hybridized carbons (Fsp3) is 0.417. The number of rotatable bonds is 3. The Morgan fingerprint density at radius 1 is 1.38 bits per heavy atom. The second kappa shape index (κ2) is 5.65. The summed E-state index contributed by atoms with van der Waals surface area (Å²) in [6.07, 6.45) is 1.78. The van der Waals surface area contributed by atoms with Crippen LogP contribution in [-0.2, 0) is 0 Å². The SMILES string of the molecule is CC(C)c1cc(Cl)c(N)c(/C=N\[C@@H](C)P)c1. The molecular formula is C12H18ClN2P. The van der Waals surface area contributed by atoms with Gasteiger partial charge in [0.25, 0.3) is 0 Å². The number of halogens is 1. The van der Waals surface area contributed by atoms with Gasteiger partial charge in [0.2, 0.25) is 0 Å². The summed E-state index contributed by atoms with van der Waals surface area (Å²) in [6.45, 7) is 6.24. The molecule has 2 nitrogen and oxygen atoms in total. The number of anilines is 1. The van der Waals surface area contributed by atoms with Gasteiger partial charge in [-0.3, -0.25) is 4.99 Å². The summed E-state index contributed by atoms with van der Waals surface area (Å²) in [5.41, 5.74) is 8.58. The summed E-state index contributed by atoms with van der Waals surface area (Å²) in [6, 6.07) is 3.96. The molecule has 88 valence electrons. The molecule has 4 heteroatoms. The molecular weight excluding hydrogens is 239 g/mol. The van der Waals surface area contributed by atoms with Gasteiger partial charge in [0.1, 0.15) is 0 Å². The summed E-state index contributed by atoms with van der Waals surface area (Å²) in [5.74, 6) is 0.611. The molecule has 0 bridgehead atoms. The summed E-state index contributed by atoms with van der Waals surface area (Å²) in [5, 5.41) is 0.601. The van der Waals surface area contributed by atoms with E-state index in [1.165, 1.54) is 5.56 Å². The second-order valence-electron chi connectivity index (χ2n) is 4.18. The third kappa shape index (κ3) is 3.47. The Balaban J connectivity index is 3.16. The molecule has 1 aromatic carbocycles. The molecule has 0 aliphatic heterocycles. The number of hydrogen-bond acceptors (Lipinski definition) is 2. The van der Waals surface area contributed by atoms with E-state index in [-0.39, 0.29) is 5.78 Å². The highest BCUT2D eigenvalue weighted by molar-refractivity contribution is 7.17. The Morgan fingerprint density at radius 3 is 2.50 bits per heavy atom. The van der Waals surface area contributed by atoms with Crippen LogP contribution < -0.4 is 5.73 Å². The van der Waals surface area contributed by atoms with Crippen molar-refractivity contribution in [2.75, 3.05) is 5.73 Å². The summed E-state index contributed by atoms with van der Waals surface area (Å²) in [4.78, 5) is 4.30. The topological polar surface area (TPSA) is 38.4 Å². The molecule has 0 aliphatic rings. The molecule has 1 unspecified atom stereocenters. The molecule has 0 radical (unpaired) electrons. The number of nitrogens with zero attached hydrogens (tertiary/aromatic N) is 1. The molecule has 0 amide bonds. The molecule has 1 aromatic rings. The van der Waals surface area contributed by atoms with Crippen molar-refractivity contribution in [2.24, 2.45) is 4.99 Å². The van der Waals surface area contributed by atoms with E-state index in [1.807, 2.05) is 19.1 Å². The van der Waals surface area contributed by atoms with Crippen molar-refractivity contribution in [3.05, 3.63) is 28.3 Å². The third-order valence-electron chi connectivity index (χ3n) is 2.30. The molecule has 0 aromatic heterocycles. The average molecular weight is 257 g/mol. The normalized spacial score (nSPS) is 13.6. The van der Waals surface area contributed by atoms with Gasteiger partial charge in [0, 0.05) is 11.8 Å². The fourth-order valence-corrected chi connectivity index (χ4v) is 1.62. The predicted octanol–water partition coefficient (Wildman–Crippen LogP) is 3.69. The minimum Gasteiger partial charge on any atom is -0.397 e. The van der Waals surface area contributed by atoms with E-state index in [0.717, 1.165) is 5.56 Å². The van der Waals surface area contributed by atoms with Gasteiger partial charge < -0.3 is 5.73 Å². The highest BCUT2D eigenvalue weighted by Crippen LogP contribution is 2.27. The molecule has 16 heavy (non-hydrogen) atoms. The highest BCUT2D eigenvalue weighted by atomic mass is 35.5. The first kappa shape index (κ1) is 13.5. The maximum absolute atomic E-state index is 6.09. The number of benzene rings is 1. The van der Waals surface area contributed by atoms with Crippen molar-refractivity contribution >= 4 is 32.7 Å². The number of nitrogen functional groups attached to an aromatic ring is 1. The Morgan fingerprint density at radius 2 is 2.00 bits per heavy atom. The number of nitrogens with two attached hydrogens (primary N) is 1. The van der Waals surface area contributed by atoms with E-state index in [4.69, 9.17) is 17.3 Å². The Hall–Kier alpha value is -0.590. The lowest BCUT2D eigenvalue weighted by Crippen LogP contribution is -1.99.